The second kappa shape index (κ2) is 4.72. The van der Waals surface area contributed by atoms with E-state index in [0.29, 0.717) is 17.9 Å². The van der Waals surface area contributed by atoms with Crippen LogP contribution in [0.5, 0.6) is 5.75 Å². The summed E-state index contributed by atoms with van der Waals surface area (Å²) in [6.07, 6.45) is 0. The molecular weight excluding hydrogens is 245 g/mol. The molecule has 0 bridgehead atoms. The lowest BCUT2D eigenvalue weighted by molar-refractivity contribution is 0.0965. The van der Waals surface area contributed by atoms with Crippen molar-refractivity contribution in [2.75, 3.05) is 0 Å². The van der Waals surface area contributed by atoms with Crippen LogP contribution in [0.4, 0.5) is 4.39 Å². The van der Waals surface area contributed by atoms with E-state index in [-0.39, 0.29) is 18.3 Å². The van der Waals surface area contributed by atoms with Gasteiger partial charge in [0.1, 0.15) is 18.2 Å². The number of carbonyl (C=O) groups excluding carboxylic acids is 1. The largest absolute Gasteiger partial charge is 0.489 e. The van der Waals surface area contributed by atoms with Gasteiger partial charge in [0.25, 0.3) is 5.91 Å². The Bertz CT molecular complexity index is 640. The molecule has 0 saturated carbocycles. The standard InChI is InChI=1S/C15H12FNO2/c16-12-3-1-2-10(6-12)9-19-13-5-4-11-8-17-15(18)14(11)7-13/h1-7H,8-9H2,(H,17,18). The molecule has 1 aliphatic heterocycles. The first kappa shape index (κ1) is 11.7. The van der Waals surface area contributed by atoms with E-state index < -0.39 is 0 Å². The highest BCUT2D eigenvalue weighted by molar-refractivity contribution is 5.98. The van der Waals surface area contributed by atoms with E-state index in [0.717, 1.165) is 11.1 Å². The summed E-state index contributed by atoms with van der Waals surface area (Å²) < 4.78 is 18.6. The highest BCUT2D eigenvalue weighted by Gasteiger charge is 2.18. The van der Waals surface area contributed by atoms with Gasteiger partial charge in [-0.1, -0.05) is 18.2 Å². The minimum Gasteiger partial charge on any atom is -0.489 e. The lowest BCUT2D eigenvalue weighted by Gasteiger charge is -2.07. The van der Waals surface area contributed by atoms with E-state index >= 15 is 0 Å². The van der Waals surface area contributed by atoms with E-state index in [1.54, 1.807) is 18.2 Å². The van der Waals surface area contributed by atoms with Crippen molar-refractivity contribution in [3.05, 3.63) is 65.0 Å². The monoisotopic (exact) mass is 257 g/mol. The van der Waals surface area contributed by atoms with Gasteiger partial charge >= 0.3 is 0 Å². The van der Waals surface area contributed by atoms with Crippen LogP contribution in [0.2, 0.25) is 0 Å². The lowest BCUT2D eigenvalue weighted by Crippen LogP contribution is -2.12. The Labute approximate surface area is 110 Å². The maximum absolute atomic E-state index is 13.0. The van der Waals surface area contributed by atoms with Gasteiger partial charge in [-0.25, -0.2) is 4.39 Å². The quantitative estimate of drug-likeness (QED) is 0.918. The minimum atomic E-state index is -0.283. The Balaban J connectivity index is 1.74. The highest BCUT2D eigenvalue weighted by atomic mass is 19.1. The van der Waals surface area contributed by atoms with Crippen LogP contribution in [-0.4, -0.2) is 5.91 Å². The number of rotatable bonds is 3. The third-order valence-electron chi connectivity index (χ3n) is 3.06. The number of amides is 1. The number of ether oxygens (including phenoxy) is 1. The maximum atomic E-state index is 13.0. The van der Waals surface area contributed by atoms with Crippen molar-refractivity contribution in [1.82, 2.24) is 5.32 Å². The first-order valence-electron chi connectivity index (χ1n) is 6.01. The Morgan fingerprint density at radius 3 is 2.95 bits per heavy atom. The minimum absolute atomic E-state index is 0.0776. The van der Waals surface area contributed by atoms with E-state index in [9.17, 15) is 9.18 Å². The van der Waals surface area contributed by atoms with Gasteiger partial charge in [-0.05, 0) is 35.4 Å². The molecule has 3 rings (SSSR count). The van der Waals surface area contributed by atoms with Crippen LogP contribution in [0.1, 0.15) is 21.5 Å². The second-order valence-electron chi connectivity index (χ2n) is 4.42. The van der Waals surface area contributed by atoms with Gasteiger partial charge in [-0.15, -0.1) is 0 Å². The number of carbonyl (C=O) groups is 1. The van der Waals surface area contributed by atoms with Gasteiger partial charge in [0, 0.05) is 12.1 Å². The lowest BCUT2D eigenvalue weighted by atomic mass is 10.1. The second-order valence-corrected chi connectivity index (χ2v) is 4.42. The molecule has 2 aromatic rings. The van der Waals surface area contributed by atoms with Gasteiger partial charge in [0.2, 0.25) is 0 Å². The van der Waals surface area contributed by atoms with Crippen molar-refractivity contribution < 1.29 is 13.9 Å². The zero-order valence-corrected chi connectivity index (χ0v) is 10.2. The van der Waals surface area contributed by atoms with Crippen LogP contribution in [-0.2, 0) is 13.2 Å². The molecule has 0 radical (unpaired) electrons. The molecule has 0 saturated heterocycles. The molecule has 1 amide bonds. The summed E-state index contributed by atoms with van der Waals surface area (Å²) in [7, 11) is 0. The summed E-state index contributed by atoms with van der Waals surface area (Å²) in [6, 6.07) is 11.7. The Kier molecular flexibility index (Phi) is 2.91. The number of halogens is 1. The molecule has 0 spiro atoms. The fraction of sp³-hybridized carbons (Fsp3) is 0.133. The average molecular weight is 257 g/mol. The fourth-order valence-corrected chi connectivity index (χ4v) is 2.08. The van der Waals surface area contributed by atoms with Gasteiger partial charge < -0.3 is 10.1 Å². The molecule has 0 fully saturated rings. The van der Waals surface area contributed by atoms with E-state index in [1.165, 1.54) is 12.1 Å². The molecule has 0 atom stereocenters. The number of benzene rings is 2. The summed E-state index contributed by atoms with van der Waals surface area (Å²) in [5.74, 6) is 0.251. The molecule has 19 heavy (non-hydrogen) atoms. The maximum Gasteiger partial charge on any atom is 0.252 e. The predicted octanol–water partition coefficient (Wildman–Crippen LogP) is 2.65. The van der Waals surface area contributed by atoms with Crippen LogP contribution in [0.15, 0.2) is 42.5 Å². The summed E-state index contributed by atoms with van der Waals surface area (Å²) in [5.41, 5.74) is 2.38. The van der Waals surface area contributed by atoms with E-state index in [1.807, 2.05) is 12.1 Å². The van der Waals surface area contributed by atoms with Gasteiger partial charge in [-0.2, -0.15) is 0 Å². The van der Waals surface area contributed by atoms with Gasteiger partial charge in [0.15, 0.2) is 0 Å². The molecule has 1 heterocycles. The SMILES string of the molecule is O=C1NCc2ccc(OCc3cccc(F)c3)cc21. The molecule has 96 valence electrons. The molecule has 3 nitrogen and oxygen atoms in total. The van der Waals surface area contributed by atoms with Crippen molar-refractivity contribution in [3.8, 4) is 5.75 Å². The molecule has 1 N–H and O–H groups in total. The van der Waals surface area contributed by atoms with E-state index in [4.69, 9.17) is 4.74 Å². The number of hydrogen-bond donors (Lipinski definition) is 1. The molecule has 0 aliphatic carbocycles. The summed E-state index contributed by atoms with van der Waals surface area (Å²) in [6.45, 7) is 0.844. The number of nitrogens with one attached hydrogen (secondary N) is 1. The van der Waals surface area contributed by atoms with Crippen LogP contribution < -0.4 is 10.1 Å². The van der Waals surface area contributed by atoms with Crippen molar-refractivity contribution in [2.45, 2.75) is 13.2 Å². The molecule has 4 heteroatoms. The Morgan fingerprint density at radius 1 is 1.21 bits per heavy atom. The number of hydrogen-bond acceptors (Lipinski definition) is 2. The first-order valence-corrected chi connectivity index (χ1v) is 6.01. The van der Waals surface area contributed by atoms with Crippen molar-refractivity contribution in [2.24, 2.45) is 0 Å². The fourth-order valence-electron chi connectivity index (χ4n) is 2.08. The van der Waals surface area contributed by atoms with Crippen molar-refractivity contribution >= 4 is 5.91 Å². The van der Waals surface area contributed by atoms with Crippen LogP contribution in [0.3, 0.4) is 0 Å². The Morgan fingerprint density at radius 2 is 2.11 bits per heavy atom. The van der Waals surface area contributed by atoms with Gasteiger partial charge in [0.05, 0.1) is 0 Å². The first-order chi connectivity index (χ1) is 9.22. The van der Waals surface area contributed by atoms with Crippen LogP contribution in [0.25, 0.3) is 0 Å². The molecule has 2 aromatic carbocycles. The molecule has 1 aliphatic rings. The normalized spacial score (nSPS) is 13.0. The predicted molar refractivity (Wildman–Crippen MR) is 68.3 cm³/mol. The average Bonchev–Trinajstić information content (AvgIpc) is 2.78. The molecule has 0 unspecified atom stereocenters. The third-order valence-corrected chi connectivity index (χ3v) is 3.06. The third kappa shape index (κ3) is 2.42. The summed E-state index contributed by atoms with van der Waals surface area (Å²) in [5, 5.41) is 2.75. The zero-order valence-electron chi connectivity index (χ0n) is 10.2. The van der Waals surface area contributed by atoms with Crippen molar-refractivity contribution in [1.29, 1.82) is 0 Å². The summed E-state index contributed by atoms with van der Waals surface area (Å²) >= 11 is 0. The van der Waals surface area contributed by atoms with Crippen LogP contribution in [0, 0.1) is 5.82 Å². The highest BCUT2D eigenvalue weighted by Crippen LogP contribution is 2.22. The molecular formula is C15H12FNO2. The Hall–Kier alpha value is -2.36. The number of fused-ring (bicyclic) bond motifs is 1. The van der Waals surface area contributed by atoms with Crippen LogP contribution >= 0.6 is 0 Å². The topological polar surface area (TPSA) is 38.3 Å². The zero-order chi connectivity index (χ0) is 13.2. The van der Waals surface area contributed by atoms with Crippen molar-refractivity contribution in [3.63, 3.8) is 0 Å². The molecule has 0 aromatic heterocycles. The van der Waals surface area contributed by atoms with Gasteiger partial charge in [-0.3, -0.25) is 4.79 Å². The smallest absolute Gasteiger partial charge is 0.252 e. The summed E-state index contributed by atoms with van der Waals surface area (Å²) in [4.78, 5) is 11.5. The van der Waals surface area contributed by atoms with E-state index in [2.05, 4.69) is 5.32 Å².